The smallest absolute Gasteiger partial charge is 0.409 e. The van der Waals surface area contributed by atoms with Crippen LogP contribution in [0.15, 0.2) is 18.2 Å². The number of hydrogen-bond donors (Lipinski definition) is 1. The lowest BCUT2D eigenvalue weighted by Gasteiger charge is -2.35. The summed E-state index contributed by atoms with van der Waals surface area (Å²) in [7, 11) is 1.42. The second-order valence-corrected chi connectivity index (χ2v) is 5.86. The molecule has 0 radical (unpaired) electrons. The third-order valence-electron chi connectivity index (χ3n) is 4.10. The summed E-state index contributed by atoms with van der Waals surface area (Å²) in [5, 5.41) is 0. The molecule has 4 heteroatoms. The number of methoxy groups -OCH3 is 1. The van der Waals surface area contributed by atoms with E-state index in [-0.39, 0.29) is 12.1 Å². The number of ether oxygens (including phenoxy) is 1. The van der Waals surface area contributed by atoms with Crippen LogP contribution < -0.4 is 5.73 Å². The van der Waals surface area contributed by atoms with Crippen LogP contribution >= 0.6 is 0 Å². The number of amides is 1. The molecule has 1 fully saturated rings. The van der Waals surface area contributed by atoms with Gasteiger partial charge in [0.1, 0.15) is 0 Å². The number of piperidine rings is 1. The van der Waals surface area contributed by atoms with Crippen LogP contribution in [0, 0.1) is 19.8 Å². The van der Waals surface area contributed by atoms with Crippen LogP contribution in [0.1, 0.15) is 23.1 Å². The van der Waals surface area contributed by atoms with Crippen molar-refractivity contribution in [3.63, 3.8) is 0 Å². The normalized spacial score (nSPS) is 22.7. The maximum Gasteiger partial charge on any atom is 0.409 e. The summed E-state index contributed by atoms with van der Waals surface area (Å²) < 4.78 is 4.80. The van der Waals surface area contributed by atoms with Crippen molar-refractivity contribution in [2.75, 3.05) is 20.2 Å². The summed E-state index contributed by atoms with van der Waals surface area (Å²) in [5.41, 5.74) is 10.0. The third-order valence-corrected chi connectivity index (χ3v) is 4.10. The van der Waals surface area contributed by atoms with E-state index in [2.05, 4.69) is 32.0 Å². The number of rotatable bonds is 2. The molecule has 1 amide bonds. The Kier molecular flexibility index (Phi) is 4.65. The largest absolute Gasteiger partial charge is 0.453 e. The molecule has 2 rings (SSSR count). The lowest BCUT2D eigenvalue weighted by Crippen LogP contribution is -2.49. The molecule has 0 aromatic heterocycles. The molecular weight excluding hydrogens is 252 g/mol. The van der Waals surface area contributed by atoms with Crippen LogP contribution in [0.4, 0.5) is 4.79 Å². The minimum Gasteiger partial charge on any atom is -0.453 e. The van der Waals surface area contributed by atoms with Crippen molar-refractivity contribution in [2.45, 2.75) is 32.7 Å². The zero-order chi connectivity index (χ0) is 14.7. The molecule has 2 N–H and O–H groups in total. The summed E-state index contributed by atoms with van der Waals surface area (Å²) >= 11 is 0. The molecule has 2 unspecified atom stereocenters. The van der Waals surface area contributed by atoms with Gasteiger partial charge in [-0.1, -0.05) is 18.2 Å². The van der Waals surface area contributed by atoms with Crippen molar-refractivity contribution in [1.29, 1.82) is 0 Å². The SMILES string of the molecule is COC(=O)N1CC(N)CC(Cc2ccc(C)c(C)c2)C1. The van der Waals surface area contributed by atoms with Crippen molar-refractivity contribution < 1.29 is 9.53 Å². The van der Waals surface area contributed by atoms with E-state index in [4.69, 9.17) is 10.5 Å². The highest BCUT2D eigenvalue weighted by Crippen LogP contribution is 2.22. The van der Waals surface area contributed by atoms with Gasteiger partial charge in [0.15, 0.2) is 0 Å². The quantitative estimate of drug-likeness (QED) is 0.901. The number of hydrogen-bond acceptors (Lipinski definition) is 3. The van der Waals surface area contributed by atoms with E-state index < -0.39 is 0 Å². The summed E-state index contributed by atoms with van der Waals surface area (Å²) in [5.74, 6) is 0.403. The fraction of sp³-hybridized carbons (Fsp3) is 0.562. The van der Waals surface area contributed by atoms with Crippen LogP contribution in [0.3, 0.4) is 0 Å². The van der Waals surface area contributed by atoms with Gasteiger partial charge in [0.2, 0.25) is 0 Å². The molecular formula is C16H24N2O2. The van der Waals surface area contributed by atoms with Crippen molar-refractivity contribution in [3.05, 3.63) is 34.9 Å². The van der Waals surface area contributed by atoms with Crippen LogP contribution in [0.5, 0.6) is 0 Å². The number of likely N-dealkylation sites (tertiary alicyclic amines) is 1. The van der Waals surface area contributed by atoms with Crippen molar-refractivity contribution in [3.8, 4) is 0 Å². The van der Waals surface area contributed by atoms with Gasteiger partial charge in [-0.3, -0.25) is 0 Å². The molecule has 2 atom stereocenters. The van der Waals surface area contributed by atoms with E-state index in [1.54, 1.807) is 4.90 Å². The standard InChI is InChI=1S/C16H24N2O2/c1-11-4-5-13(6-12(11)2)7-14-8-15(17)10-18(9-14)16(19)20-3/h4-6,14-15H,7-10,17H2,1-3H3. The maximum atomic E-state index is 11.7. The number of carbonyl (C=O) groups is 1. The van der Waals surface area contributed by atoms with Crippen LogP contribution in [-0.2, 0) is 11.2 Å². The highest BCUT2D eigenvalue weighted by Gasteiger charge is 2.28. The molecule has 0 aliphatic carbocycles. The van der Waals surface area contributed by atoms with Gasteiger partial charge < -0.3 is 15.4 Å². The number of carbonyl (C=O) groups excluding carboxylic acids is 1. The Labute approximate surface area is 120 Å². The second kappa shape index (κ2) is 6.27. The van der Waals surface area contributed by atoms with Gasteiger partial charge in [-0.15, -0.1) is 0 Å². The number of benzene rings is 1. The average molecular weight is 276 g/mol. The summed E-state index contributed by atoms with van der Waals surface area (Å²) in [4.78, 5) is 13.4. The highest BCUT2D eigenvalue weighted by molar-refractivity contribution is 5.67. The zero-order valence-electron chi connectivity index (χ0n) is 12.6. The van der Waals surface area contributed by atoms with E-state index in [9.17, 15) is 4.79 Å². The topological polar surface area (TPSA) is 55.6 Å². The molecule has 1 aromatic rings. The predicted molar refractivity (Wildman–Crippen MR) is 79.7 cm³/mol. The summed E-state index contributed by atoms with van der Waals surface area (Å²) in [6.45, 7) is 5.57. The Bertz CT molecular complexity index is 487. The molecule has 1 aliphatic heterocycles. The molecule has 1 heterocycles. The molecule has 0 saturated carbocycles. The molecule has 0 spiro atoms. The minimum absolute atomic E-state index is 0.0411. The fourth-order valence-corrected chi connectivity index (χ4v) is 2.94. The Morgan fingerprint density at radius 1 is 1.35 bits per heavy atom. The molecule has 4 nitrogen and oxygen atoms in total. The number of aryl methyl sites for hydroxylation is 2. The highest BCUT2D eigenvalue weighted by atomic mass is 16.5. The third kappa shape index (κ3) is 3.51. The van der Waals surface area contributed by atoms with Crippen molar-refractivity contribution in [2.24, 2.45) is 11.7 Å². The molecule has 110 valence electrons. The van der Waals surface area contributed by atoms with Gasteiger partial charge in [0, 0.05) is 19.1 Å². The van der Waals surface area contributed by atoms with Crippen molar-refractivity contribution >= 4 is 6.09 Å². The Morgan fingerprint density at radius 3 is 2.75 bits per heavy atom. The Morgan fingerprint density at radius 2 is 2.10 bits per heavy atom. The first kappa shape index (κ1) is 14.9. The van der Waals surface area contributed by atoms with Gasteiger partial charge in [0.05, 0.1) is 7.11 Å². The van der Waals surface area contributed by atoms with Gasteiger partial charge in [-0.2, -0.15) is 0 Å². The first-order valence-corrected chi connectivity index (χ1v) is 7.14. The van der Waals surface area contributed by atoms with Crippen LogP contribution in [-0.4, -0.2) is 37.2 Å². The number of nitrogens with zero attached hydrogens (tertiary/aromatic N) is 1. The van der Waals surface area contributed by atoms with Gasteiger partial charge in [-0.05, 0) is 49.3 Å². The van der Waals surface area contributed by atoms with Gasteiger partial charge in [0.25, 0.3) is 0 Å². The van der Waals surface area contributed by atoms with E-state index in [0.717, 1.165) is 19.4 Å². The molecule has 1 saturated heterocycles. The average Bonchev–Trinajstić information content (AvgIpc) is 2.41. The minimum atomic E-state index is -0.273. The lowest BCUT2D eigenvalue weighted by molar-refractivity contribution is 0.0962. The predicted octanol–water partition coefficient (Wildman–Crippen LogP) is 2.26. The maximum absolute atomic E-state index is 11.7. The van der Waals surface area contributed by atoms with E-state index in [0.29, 0.717) is 12.5 Å². The van der Waals surface area contributed by atoms with Gasteiger partial charge in [-0.25, -0.2) is 4.79 Å². The summed E-state index contributed by atoms with van der Waals surface area (Å²) in [6, 6.07) is 6.60. The first-order valence-electron chi connectivity index (χ1n) is 7.14. The molecule has 0 bridgehead atoms. The molecule has 1 aromatic carbocycles. The van der Waals surface area contributed by atoms with E-state index in [1.165, 1.54) is 23.8 Å². The second-order valence-electron chi connectivity index (χ2n) is 5.86. The van der Waals surface area contributed by atoms with Crippen LogP contribution in [0.2, 0.25) is 0 Å². The number of nitrogens with two attached hydrogens (primary N) is 1. The summed E-state index contributed by atoms with van der Waals surface area (Å²) in [6.07, 6.45) is 1.65. The van der Waals surface area contributed by atoms with E-state index in [1.807, 2.05) is 0 Å². The molecule has 1 aliphatic rings. The zero-order valence-corrected chi connectivity index (χ0v) is 12.6. The Hall–Kier alpha value is -1.55. The van der Waals surface area contributed by atoms with Crippen LogP contribution in [0.25, 0.3) is 0 Å². The Balaban J connectivity index is 2.04. The van der Waals surface area contributed by atoms with E-state index >= 15 is 0 Å². The first-order chi connectivity index (χ1) is 9.49. The fourth-order valence-electron chi connectivity index (χ4n) is 2.94. The lowest BCUT2D eigenvalue weighted by atomic mass is 9.88. The monoisotopic (exact) mass is 276 g/mol. The van der Waals surface area contributed by atoms with Gasteiger partial charge >= 0.3 is 6.09 Å². The molecule has 20 heavy (non-hydrogen) atoms. The van der Waals surface area contributed by atoms with Crippen molar-refractivity contribution in [1.82, 2.24) is 4.90 Å².